The highest BCUT2D eigenvalue weighted by molar-refractivity contribution is 9.10. The van der Waals surface area contributed by atoms with Gasteiger partial charge in [-0.1, -0.05) is 0 Å². The number of halogens is 1. The fourth-order valence-electron chi connectivity index (χ4n) is 2.07. The summed E-state index contributed by atoms with van der Waals surface area (Å²) in [5, 5.41) is 0. The number of unbranched alkanes of at least 4 members (excludes halogenated alkanes) is 1. The van der Waals surface area contributed by atoms with Crippen molar-refractivity contribution < 1.29 is 17.9 Å². The molecule has 8 heteroatoms. The number of nitrogens with zero attached hydrogens (tertiary/aromatic N) is 1. The first-order valence-corrected chi connectivity index (χ1v) is 10.1. The molecule has 0 radical (unpaired) electrons. The van der Waals surface area contributed by atoms with Crippen LogP contribution in [0.3, 0.4) is 0 Å². The van der Waals surface area contributed by atoms with E-state index in [0.29, 0.717) is 28.6 Å². The van der Waals surface area contributed by atoms with Crippen molar-refractivity contribution in [2.24, 2.45) is 0 Å². The molecule has 24 heavy (non-hydrogen) atoms. The minimum Gasteiger partial charge on any atom is -0.493 e. The molecule has 0 aliphatic heterocycles. The predicted molar refractivity (Wildman–Crippen MR) is 99.4 cm³/mol. The van der Waals surface area contributed by atoms with Crippen molar-refractivity contribution in [3.63, 3.8) is 0 Å². The molecule has 0 heterocycles. The normalized spacial score (nSPS) is 12.0. The molecule has 0 saturated carbocycles. The lowest BCUT2D eigenvalue weighted by molar-refractivity contribution is 0.268. The second-order valence-electron chi connectivity index (χ2n) is 5.82. The highest BCUT2D eigenvalue weighted by atomic mass is 79.9. The van der Waals surface area contributed by atoms with Gasteiger partial charge in [0.25, 0.3) is 0 Å². The van der Waals surface area contributed by atoms with E-state index in [4.69, 9.17) is 9.47 Å². The second-order valence-corrected chi connectivity index (χ2v) is 8.41. The predicted octanol–water partition coefficient (Wildman–Crippen LogP) is 2.87. The maximum absolute atomic E-state index is 12.5. The largest absolute Gasteiger partial charge is 0.493 e. The van der Waals surface area contributed by atoms with Crippen molar-refractivity contribution in [3.8, 4) is 11.5 Å². The van der Waals surface area contributed by atoms with Crippen molar-refractivity contribution >= 4 is 26.0 Å². The molecule has 0 aliphatic rings. The molecule has 0 aliphatic carbocycles. The number of methoxy groups -OCH3 is 2. The van der Waals surface area contributed by atoms with Crippen LogP contribution in [-0.2, 0) is 10.0 Å². The van der Waals surface area contributed by atoms with Crippen molar-refractivity contribution in [2.75, 3.05) is 34.4 Å². The minimum absolute atomic E-state index is 0.138. The van der Waals surface area contributed by atoms with E-state index in [0.717, 1.165) is 19.4 Å². The van der Waals surface area contributed by atoms with Gasteiger partial charge in [-0.25, -0.2) is 13.1 Å². The molecule has 0 saturated heterocycles. The van der Waals surface area contributed by atoms with Crippen LogP contribution in [0.4, 0.5) is 0 Å². The van der Waals surface area contributed by atoms with Gasteiger partial charge in [0, 0.05) is 23.1 Å². The lowest BCUT2D eigenvalue weighted by Gasteiger charge is -2.20. The summed E-state index contributed by atoms with van der Waals surface area (Å²) in [5.74, 6) is 0.847. The van der Waals surface area contributed by atoms with E-state index in [1.165, 1.54) is 20.3 Å². The van der Waals surface area contributed by atoms with E-state index in [2.05, 4.69) is 46.4 Å². The van der Waals surface area contributed by atoms with E-state index < -0.39 is 10.0 Å². The van der Waals surface area contributed by atoms with E-state index >= 15 is 0 Å². The average Bonchev–Trinajstić information content (AvgIpc) is 2.53. The van der Waals surface area contributed by atoms with Crippen LogP contribution < -0.4 is 14.2 Å². The number of hydrogen-bond donors (Lipinski definition) is 1. The maximum Gasteiger partial charge on any atom is 0.241 e. The molecule has 0 atom stereocenters. The Morgan fingerprint density at radius 3 is 2.29 bits per heavy atom. The molecule has 1 rings (SSSR count). The van der Waals surface area contributed by atoms with Gasteiger partial charge < -0.3 is 14.4 Å². The highest BCUT2D eigenvalue weighted by Crippen LogP contribution is 2.35. The zero-order chi connectivity index (χ0) is 18.3. The molecule has 0 bridgehead atoms. The number of sulfonamides is 1. The third-order valence-corrected chi connectivity index (χ3v) is 6.26. The Labute approximate surface area is 153 Å². The van der Waals surface area contributed by atoms with Crippen LogP contribution in [-0.4, -0.2) is 53.7 Å². The lowest BCUT2D eigenvalue weighted by atomic mass is 10.2. The second kappa shape index (κ2) is 9.60. The van der Waals surface area contributed by atoms with E-state index in [-0.39, 0.29) is 4.90 Å². The van der Waals surface area contributed by atoms with Gasteiger partial charge in [-0.2, -0.15) is 0 Å². The van der Waals surface area contributed by atoms with Gasteiger partial charge >= 0.3 is 0 Å². The molecule has 1 aromatic rings. The molecule has 0 fully saturated rings. The fraction of sp³-hybridized carbons (Fsp3) is 0.625. The van der Waals surface area contributed by atoms with Crippen molar-refractivity contribution in [2.45, 2.75) is 37.6 Å². The molecule has 138 valence electrons. The Morgan fingerprint density at radius 1 is 1.17 bits per heavy atom. The summed E-state index contributed by atoms with van der Waals surface area (Å²) in [6.07, 6.45) is 1.71. The first-order chi connectivity index (χ1) is 11.2. The zero-order valence-corrected chi connectivity index (χ0v) is 17.3. The molecule has 0 amide bonds. The molecule has 1 N–H and O–H groups in total. The summed E-state index contributed by atoms with van der Waals surface area (Å²) in [5.41, 5.74) is 0. The SMILES string of the molecule is COc1cc(Br)c(S(=O)(=O)NCCCCN(C)C(C)C)cc1OC. The van der Waals surface area contributed by atoms with Gasteiger partial charge in [0.15, 0.2) is 11.5 Å². The summed E-state index contributed by atoms with van der Waals surface area (Å²) < 4.78 is 38.4. The molecule has 0 unspecified atom stereocenters. The van der Waals surface area contributed by atoms with Gasteiger partial charge in [0.2, 0.25) is 10.0 Å². The Bertz CT molecular complexity index is 635. The lowest BCUT2D eigenvalue weighted by Crippen LogP contribution is -2.29. The Kier molecular flexibility index (Phi) is 8.49. The van der Waals surface area contributed by atoms with Gasteiger partial charge in [-0.05, 0) is 62.3 Å². The Morgan fingerprint density at radius 2 is 1.75 bits per heavy atom. The van der Waals surface area contributed by atoms with Gasteiger partial charge in [0.05, 0.1) is 14.2 Å². The van der Waals surface area contributed by atoms with Crippen LogP contribution >= 0.6 is 15.9 Å². The molecule has 1 aromatic carbocycles. The fourth-order valence-corrected chi connectivity index (χ4v) is 4.18. The summed E-state index contributed by atoms with van der Waals surface area (Å²) in [6, 6.07) is 3.53. The molecule has 6 nitrogen and oxygen atoms in total. The smallest absolute Gasteiger partial charge is 0.241 e. The first-order valence-electron chi connectivity index (χ1n) is 7.84. The summed E-state index contributed by atoms with van der Waals surface area (Å²) >= 11 is 3.28. The van der Waals surface area contributed by atoms with Crippen LogP contribution in [0.5, 0.6) is 11.5 Å². The molecular formula is C16H27BrN2O4S. The van der Waals surface area contributed by atoms with Crippen molar-refractivity contribution in [1.29, 1.82) is 0 Å². The van der Waals surface area contributed by atoms with Crippen LogP contribution in [0, 0.1) is 0 Å². The van der Waals surface area contributed by atoms with Crippen LogP contribution in [0.1, 0.15) is 26.7 Å². The number of benzene rings is 1. The van der Waals surface area contributed by atoms with Crippen LogP contribution in [0.15, 0.2) is 21.5 Å². The standard InChI is InChI=1S/C16H27BrN2O4S/c1-12(2)19(3)9-7-6-8-18-24(20,21)16-11-15(23-5)14(22-4)10-13(16)17/h10-12,18H,6-9H2,1-5H3. The molecular weight excluding hydrogens is 396 g/mol. The summed E-state index contributed by atoms with van der Waals surface area (Å²) in [4.78, 5) is 2.37. The zero-order valence-electron chi connectivity index (χ0n) is 14.9. The van der Waals surface area contributed by atoms with E-state index in [9.17, 15) is 8.42 Å². The molecule has 0 aromatic heterocycles. The van der Waals surface area contributed by atoms with Crippen molar-refractivity contribution in [3.05, 3.63) is 16.6 Å². The maximum atomic E-state index is 12.5. The van der Waals surface area contributed by atoms with Gasteiger partial charge in [0.1, 0.15) is 4.90 Å². The van der Waals surface area contributed by atoms with E-state index in [1.54, 1.807) is 6.07 Å². The quantitative estimate of drug-likeness (QED) is 0.587. The summed E-state index contributed by atoms with van der Waals surface area (Å²) in [6.45, 7) is 5.61. The Hall–Kier alpha value is -0.830. The van der Waals surface area contributed by atoms with Crippen molar-refractivity contribution in [1.82, 2.24) is 9.62 Å². The van der Waals surface area contributed by atoms with Gasteiger partial charge in [-0.15, -0.1) is 0 Å². The number of ether oxygens (including phenoxy) is 2. The van der Waals surface area contributed by atoms with Gasteiger partial charge in [-0.3, -0.25) is 0 Å². The van der Waals surface area contributed by atoms with Crippen LogP contribution in [0.2, 0.25) is 0 Å². The molecule has 0 spiro atoms. The average molecular weight is 423 g/mol. The topological polar surface area (TPSA) is 67.9 Å². The first kappa shape index (κ1) is 21.2. The number of hydrogen-bond acceptors (Lipinski definition) is 5. The summed E-state index contributed by atoms with van der Waals surface area (Å²) in [7, 11) is 1.43. The third kappa shape index (κ3) is 5.91. The minimum atomic E-state index is -3.61. The number of nitrogens with one attached hydrogen (secondary N) is 1. The van der Waals surface area contributed by atoms with E-state index in [1.807, 2.05) is 0 Å². The van der Waals surface area contributed by atoms with Crippen LogP contribution in [0.25, 0.3) is 0 Å². The monoisotopic (exact) mass is 422 g/mol. The number of rotatable bonds is 10. The highest BCUT2D eigenvalue weighted by Gasteiger charge is 2.20. The third-order valence-electron chi connectivity index (χ3n) is 3.84. The Balaban J connectivity index is 2.69.